The van der Waals surface area contributed by atoms with E-state index in [-0.39, 0.29) is 18.4 Å². The molecule has 156 valence electrons. The largest absolute Gasteiger partial charge is 0.490 e. The second-order valence-electron chi connectivity index (χ2n) is 6.87. The van der Waals surface area contributed by atoms with Crippen LogP contribution in [0.5, 0.6) is 11.5 Å². The Labute approximate surface area is 175 Å². The number of aromatic nitrogens is 1. The predicted molar refractivity (Wildman–Crippen MR) is 112 cm³/mol. The molecule has 8 heteroatoms. The zero-order valence-electron chi connectivity index (χ0n) is 16.9. The molecule has 0 unspecified atom stereocenters. The van der Waals surface area contributed by atoms with Gasteiger partial charge in [-0.2, -0.15) is 0 Å². The minimum atomic E-state index is -0.215. The third-order valence-electron chi connectivity index (χ3n) is 4.66. The van der Waals surface area contributed by atoms with E-state index in [1.165, 1.54) is 6.42 Å². The smallest absolute Gasteiger partial charge is 0.260 e. The number of thiazole rings is 1. The monoisotopic (exact) mass is 417 g/mol. The quantitative estimate of drug-likeness (QED) is 0.714. The first-order chi connectivity index (χ1) is 14.1. The Hall–Kier alpha value is -2.61. The van der Waals surface area contributed by atoms with Crippen LogP contribution in [0.2, 0.25) is 0 Å². The highest BCUT2D eigenvalue weighted by molar-refractivity contribution is 7.09. The van der Waals surface area contributed by atoms with E-state index in [0.717, 1.165) is 36.6 Å². The molecule has 1 fully saturated rings. The Kier molecular flexibility index (Phi) is 7.46. The average Bonchev–Trinajstić information content (AvgIpc) is 3.16. The molecule has 0 spiro atoms. The predicted octanol–water partition coefficient (Wildman–Crippen LogP) is 3.17. The van der Waals surface area contributed by atoms with Crippen molar-refractivity contribution in [3.63, 3.8) is 0 Å². The van der Waals surface area contributed by atoms with Crippen LogP contribution in [0, 0.1) is 6.92 Å². The highest BCUT2D eigenvalue weighted by Gasteiger charge is 2.18. The van der Waals surface area contributed by atoms with E-state index in [1.54, 1.807) is 29.5 Å². The fraction of sp³-hybridized carbons (Fsp3) is 0.476. The summed E-state index contributed by atoms with van der Waals surface area (Å²) in [5, 5.41) is 5.75. The molecule has 0 bridgehead atoms. The number of piperidine rings is 1. The van der Waals surface area contributed by atoms with Gasteiger partial charge in [0.05, 0.1) is 23.9 Å². The first-order valence-electron chi connectivity index (χ1n) is 9.93. The topological polar surface area (TPSA) is 80.8 Å². The zero-order valence-corrected chi connectivity index (χ0v) is 17.7. The number of nitrogens with one attached hydrogen (secondary N) is 1. The van der Waals surface area contributed by atoms with Crippen LogP contribution in [0.3, 0.4) is 0 Å². The van der Waals surface area contributed by atoms with Crippen LogP contribution in [0.4, 0.5) is 0 Å². The van der Waals surface area contributed by atoms with E-state index >= 15 is 0 Å². The summed E-state index contributed by atoms with van der Waals surface area (Å²) < 4.78 is 11.3. The number of hydrogen-bond acceptors (Lipinski definition) is 6. The molecule has 1 saturated heterocycles. The van der Waals surface area contributed by atoms with Crippen molar-refractivity contribution in [3.05, 3.63) is 39.8 Å². The van der Waals surface area contributed by atoms with Gasteiger partial charge < -0.3 is 19.7 Å². The zero-order chi connectivity index (χ0) is 20.6. The lowest BCUT2D eigenvalue weighted by Gasteiger charge is -2.26. The van der Waals surface area contributed by atoms with Gasteiger partial charge >= 0.3 is 0 Å². The molecule has 2 amide bonds. The van der Waals surface area contributed by atoms with Gasteiger partial charge in [0.2, 0.25) is 0 Å². The molecule has 0 saturated carbocycles. The van der Waals surface area contributed by atoms with Gasteiger partial charge in [-0.05, 0) is 51.3 Å². The van der Waals surface area contributed by atoms with E-state index in [1.807, 2.05) is 24.1 Å². The van der Waals surface area contributed by atoms with Gasteiger partial charge in [-0.15, -0.1) is 11.3 Å². The van der Waals surface area contributed by atoms with Crippen LogP contribution in [-0.2, 0) is 11.3 Å². The normalized spacial score (nSPS) is 13.8. The number of amides is 2. The van der Waals surface area contributed by atoms with Crippen molar-refractivity contribution in [1.82, 2.24) is 15.2 Å². The molecule has 29 heavy (non-hydrogen) atoms. The molecule has 2 heterocycles. The SMILES string of the molecule is CCOc1cc(C(=O)NCc2csc(C)n2)ccc1OCC(=O)N1CCCCC1. The maximum absolute atomic E-state index is 12.5. The van der Waals surface area contributed by atoms with E-state index in [4.69, 9.17) is 9.47 Å². The Balaban J connectivity index is 1.61. The summed E-state index contributed by atoms with van der Waals surface area (Å²) >= 11 is 1.55. The lowest BCUT2D eigenvalue weighted by atomic mass is 10.1. The fourth-order valence-electron chi connectivity index (χ4n) is 3.17. The Morgan fingerprint density at radius 3 is 2.66 bits per heavy atom. The van der Waals surface area contributed by atoms with Gasteiger partial charge in [0.15, 0.2) is 18.1 Å². The number of aryl methyl sites for hydroxylation is 1. The molecule has 1 aliphatic rings. The highest BCUT2D eigenvalue weighted by Crippen LogP contribution is 2.29. The first kappa shape index (κ1) is 21.1. The third kappa shape index (κ3) is 5.93. The number of ether oxygens (including phenoxy) is 2. The molecule has 0 aliphatic carbocycles. The summed E-state index contributed by atoms with van der Waals surface area (Å²) in [5.41, 5.74) is 1.30. The van der Waals surface area contributed by atoms with Crippen LogP contribution in [0.25, 0.3) is 0 Å². The molecule has 3 rings (SSSR count). The van der Waals surface area contributed by atoms with Crippen molar-refractivity contribution in [2.45, 2.75) is 39.7 Å². The first-order valence-corrected chi connectivity index (χ1v) is 10.8. The van der Waals surface area contributed by atoms with Crippen LogP contribution in [-0.4, -0.2) is 48.0 Å². The number of nitrogens with zero attached hydrogens (tertiary/aromatic N) is 2. The van der Waals surface area contributed by atoms with Gasteiger partial charge in [0.25, 0.3) is 11.8 Å². The van der Waals surface area contributed by atoms with Gasteiger partial charge in [-0.3, -0.25) is 9.59 Å². The van der Waals surface area contributed by atoms with Crippen LogP contribution < -0.4 is 14.8 Å². The summed E-state index contributed by atoms with van der Waals surface area (Å²) in [6.07, 6.45) is 3.26. The Morgan fingerprint density at radius 1 is 1.17 bits per heavy atom. The van der Waals surface area contributed by atoms with Gasteiger partial charge in [0.1, 0.15) is 0 Å². The number of carbonyl (C=O) groups excluding carboxylic acids is 2. The molecule has 2 aromatic rings. The van der Waals surface area contributed by atoms with Gasteiger partial charge in [-0.25, -0.2) is 4.98 Å². The molecule has 0 radical (unpaired) electrons. The molecule has 0 atom stereocenters. The van der Waals surface area contributed by atoms with Crippen molar-refractivity contribution in [1.29, 1.82) is 0 Å². The summed E-state index contributed by atoms with van der Waals surface area (Å²) in [4.78, 5) is 31.0. The second kappa shape index (κ2) is 10.2. The molecule has 1 aliphatic heterocycles. The summed E-state index contributed by atoms with van der Waals surface area (Å²) in [6.45, 7) is 6.14. The number of rotatable bonds is 8. The number of carbonyl (C=O) groups is 2. The summed E-state index contributed by atoms with van der Waals surface area (Å²) in [5.74, 6) is 0.681. The van der Waals surface area contributed by atoms with Crippen molar-refractivity contribution >= 4 is 23.2 Å². The molecule has 7 nitrogen and oxygen atoms in total. The van der Waals surface area contributed by atoms with Crippen LogP contribution in [0.15, 0.2) is 23.6 Å². The minimum absolute atomic E-state index is 0.0208. The lowest BCUT2D eigenvalue weighted by Crippen LogP contribution is -2.38. The molecule has 1 aromatic carbocycles. The van der Waals surface area contributed by atoms with Crippen LogP contribution in [0.1, 0.15) is 47.2 Å². The molecular formula is C21H27N3O4S. The lowest BCUT2D eigenvalue weighted by molar-refractivity contribution is -0.134. The second-order valence-corrected chi connectivity index (χ2v) is 7.93. The van der Waals surface area contributed by atoms with Crippen molar-refractivity contribution in [2.75, 3.05) is 26.3 Å². The average molecular weight is 418 g/mol. The van der Waals surface area contributed by atoms with E-state index in [2.05, 4.69) is 10.3 Å². The van der Waals surface area contributed by atoms with Crippen molar-refractivity contribution in [3.8, 4) is 11.5 Å². The van der Waals surface area contributed by atoms with E-state index in [0.29, 0.717) is 30.2 Å². The fourth-order valence-corrected chi connectivity index (χ4v) is 3.79. The van der Waals surface area contributed by atoms with E-state index < -0.39 is 0 Å². The minimum Gasteiger partial charge on any atom is -0.490 e. The number of likely N-dealkylation sites (tertiary alicyclic amines) is 1. The van der Waals surface area contributed by atoms with Crippen LogP contribution >= 0.6 is 11.3 Å². The van der Waals surface area contributed by atoms with Gasteiger partial charge in [0, 0.05) is 24.0 Å². The number of hydrogen-bond donors (Lipinski definition) is 1. The van der Waals surface area contributed by atoms with E-state index in [9.17, 15) is 9.59 Å². The third-order valence-corrected chi connectivity index (χ3v) is 5.48. The Morgan fingerprint density at radius 2 is 1.97 bits per heavy atom. The van der Waals surface area contributed by atoms with Crippen molar-refractivity contribution < 1.29 is 19.1 Å². The highest BCUT2D eigenvalue weighted by atomic mass is 32.1. The molecular weight excluding hydrogens is 390 g/mol. The molecule has 1 aromatic heterocycles. The molecule has 1 N–H and O–H groups in total. The Bertz CT molecular complexity index is 846. The summed E-state index contributed by atoms with van der Waals surface area (Å²) in [6, 6.07) is 4.99. The van der Waals surface area contributed by atoms with Crippen molar-refractivity contribution in [2.24, 2.45) is 0 Å². The number of benzene rings is 1. The maximum atomic E-state index is 12.5. The standard InChI is InChI=1S/C21H27N3O4S/c1-3-27-19-11-16(21(26)22-12-17-14-29-15(2)23-17)7-8-18(19)28-13-20(25)24-9-5-4-6-10-24/h7-8,11,14H,3-6,9-10,12-13H2,1-2H3,(H,22,26). The maximum Gasteiger partial charge on any atom is 0.260 e. The van der Waals surface area contributed by atoms with Gasteiger partial charge in [-0.1, -0.05) is 0 Å². The summed E-state index contributed by atoms with van der Waals surface area (Å²) in [7, 11) is 0.